The van der Waals surface area contributed by atoms with E-state index in [9.17, 15) is 0 Å². The van der Waals surface area contributed by atoms with Gasteiger partial charge in [-0.2, -0.15) is 0 Å². The summed E-state index contributed by atoms with van der Waals surface area (Å²) in [6.07, 6.45) is 3.15. The number of hydrogen-bond donors (Lipinski definition) is 1. The van der Waals surface area contributed by atoms with Gasteiger partial charge in [-0.05, 0) is 31.5 Å². The normalized spacial score (nSPS) is 11.0. The van der Waals surface area contributed by atoms with E-state index in [1.54, 1.807) is 0 Å². The van der Waals surface area contributed by atoms with Crippen LogP contribution >= 0.6 is 11.3 Å². The molecule has 0 fully saturated rings. The van der Waals surface area contributed by atoms with Crippen molar-refractivity contribution in [1.82, 2.24) is 4.90 Å². The van der Waals surface area contributed by atoms with E-state index in [1.165, 1.54) is 21.7 Å². The van der Waals surface area contributed by atoms with Crippen LogP contribution in [0.3, 0.4) is 0 Å². The van der Waals surface area contributed by atoms with Gasteiger partial charge in [0.2, 0.25) is 0 Å². The molecule has 1 rings (SSSR count). The molecule has 2 N–H and O–H groups in total. The van der Waals surface area contributed by atoms with Crippen LogP contribution in [0.4, 0.5) is 0 Å². The Morgan fingerprint density at radius 3 is 2.81 bits per heavy atom. The fourth-order valence-electron chi connectivity index (χ4n) is 1.82. The van der Waals surface area contributed by atoms with Gasteiger partial charge in [0.05, 0.1) is 0 Å². The van der Waals surface area contributed by atoms with Crippen LogP contribution in [-0.2, 0) is 13.1 Å². The first-order valence-electron chi connectivity index (χ1n) is 5.82. The van der Waals surface area contributed by atoms with Gasteiger partial charge < -0.3 is 5.73 Å². The highest BCUT2D eigenvalue weighted by Crippen LogP contribution is 2.22. The molecule has 0 unspecified atom stereocenters. The van der Waals surface area contributed by atoms with Crippen LogP contribution in [0.2, 0.25) is 0 Å². The minimum Gasteiger partial charge on any atom is -0.326 e. The zero-order valence-electron chi connectivity index (χ0n) is 10.3. The second-order valence-corrected chi connectivity index (χ2v) is 5.36. The highest BCUT2D eigenvalue weighted by Gasteiger charge is 2.08. The molecule has 0 spiro atoms. The molecule has 0 aliphatic carbocycles. The Hall–Kier alpha value is -0.640. The van der Waals surface area contributed by atoms with Crippen molar-refractivity contribution in [3.05, 3.63) is 34.0 Å². The van der Waals surface area contributed by atoms with Crippen molar-refractivity contribution in [3.8, 4) is 0 Å². The lowest BCUT2D eigenvalue weighted by Gasteiger charge is -2.19. The lowest BCUT2D eigenvalue weighted by molar-refractivity contribution is 0.295. The molecule has 0 saturated heterocycles. The first-order chi connectivity index (χ1) is 7.71. The van der Waals surface area contributed by atoms with Crippen molar-refractivity contribution >= 4 is 11.3 Å². The zero-order valence-corrected chi connectivity index (χ0v) is 11.1. The first-order valence-corrected chi connectivity index (χ1v) is 6.64. The average molecular weight is 238 g/mol. The quantitative estimate of drug-likeness (QED) is 0.740. The van der Waals surface area contributed by atoms with E-state index in [1.807, 2.05) is 17.4 Å². The molecule has 1 aromatic rings. The Balaban J connectivity index is 2.67. The minimum atomic E-state index is 0.654. The van der Waals surface area contributed by atoms with E-state index >= 15 is 0 Å². The predicted octanol–water partition coefficient (Wildman–Crippen LogP) is 2.91. The smallest absolute Gasteiger partial charge is 0.0274 e. The van der Waals surface area contributed by atoms with Gasteiger partial charge in [0, 0.05) is 29.4 Å². The molecule has 0 bridgehead atoms. The summed E-state index contributed by atoms with van der Waals surface area (Å²) in [6.45, 7) is 12.0. The van der Waals surface area contributed by atoms with E-state index < -0.39 is 0 Å². The second kappa shape index (κ2) is 6.84. The van der Waals surface area contributed by atoms with Gasteiger partial charge in [0.25, 0.3) is 0 Å². The Morgan fingerprint density at radius 1 is 1.56 bits per heavy atom. The van der Waals surface area contributed by atoms with Crippen LogP contribution in [0.15, 0.2) is 18.7 Å². The van der Waals surface area contributed by atoms with Gasteiger partial charge in [-0.15, -0.1) is 17.9 Å². The summed E-state index contributed by atoms with van der Waals surface area (Å²) >= 11 is 1.82. The zero-order chi connectivity index (χ0) is 12.0. The Kier molecular flexibility index (Phi) is 5.74. The number of hydrogen-bond acceptors (Lipinski definition) is 3. The minimum absolute atomic E-state index is 0.654. The molecule has 2 nitrogen and oxygen atoms in total. The Morgan fingerprint density at radius 2 is 2.31 bits per heavy atom. The van der Waals surface area contributed by atoms with Crippen LogP contribution in [0.25, 0.3) is 0 Å². The maximum absolute atomic E-state index is 5.66. The van der Waals surface area contributed by atoms with Crippen molar-refractivity contribution < 1.29 is 0 Å². The van der Waals surface area contributed by atoms with E-state index in [0.717, 1.165) is 19.6 Å². The first kappa shape index (κ1) is 13.4. The number of nitrogens with two attached hydrogens (primary N) is 1. The number of nitrogens with zero attached hydrogens (tertiary/aromatic N) is 1. The highest BCUT2D eigenvalue weighted by molar-refractivity contribution is 7.12. The summed E-state index contributed by atoms with van der Waals surface area (Å²) in [5, 5.41) is 0. The Labute approximate surface area is 103 Å². The van der Waals surface area contributed by atoms with Crippen molar-refractivity contribution in [3.63, 3.8) is 0 Å². The fourth-order valence-corrected chi connectivity index (χ4v) is 2.75. The van der Waals surface area contributed by atoms with Crippen LogP contribution in [0, 0.1) is 6.92 Å². The van der Waals surface area contributed by atoms with Gasteiger partial charge in [0.15, 0.2) is 0 Å². The van der Waals surface area contributed by atoms with Gasteiger partial charge >= 0.3 is 0 Å². The molecule has 90 valence electrons. The predicted molar refractivity (Wildman–Crippen MR) is 72.7 cm³/mol. The molecular weight excluding hydrogens is 216 g/mol. The van der Waals surface area contributed by atoms with Crippen LogP contribution < -0.4 is 5.73 Å². The topological polar surface area (TPSA) is 29.3 Å². The molecule has 16 heavy (non-hydrogen) atoms. The molecule has 0 atom stereocenters. The third-order valence-corrected chi connectivity index (χ3v) is 3.71. The number of aryl methyl sites for hydroxylation is 1. The van der Waals surface area contributed by atoms with Gasteiger partial charge in [-0.3, -0.25) is 4.90 Å². The largest absolute Gasteiger partial charge is 0.326 e. The van der Waals surface area contributed by atoms with E-state index in [2.05, 4.69) is 31.4 Å². The second-order valence-electron chi connectivity index (χ2n) is 4.02. The van der Waals surface area contributed by atoms with E-state index in [-0.39, 0.29) is 0 Å². The standard InChI is InChI=1S/C13H22N2S/c1-4-6-15(7-5-2)10-12-8-13(9-14)16-11(12)3/h4,8H,1,5-7,9-10,14H2,2-3H3. The van der Waals surface area contributed by atoms with Crippen molar-refractivity contribution in [2.45, 2.75) is 33.4 Å². The van der Waals surface area contributed by atoms with Crippen LogP contribution in [0.5, 0.6) is 0 Å². The fraction of sp³-hybridized carbons (Fsp3) is 0.538. The molecule has 0 saturated carbocycles. The van der Waals surface area contributed by atoms with E-state index in [0.29, 0.717) is 6.54 Å². The third-order valence-electron chi connectivity index (χ3n) is 2.59. The average Bonchev–Trinajstić information content (AvgIpc) is 2.60. The molecule has 3 heteroatoms. The maximum Gasteiger partial charge on any atom is 0.0274 e. The molecular formula is C13H22N2S. The monoisotopic (exact) mass is 238 g/mol. The number of rotatable bonds is 7. The van der Waals surface area contributed by atoms with Crippen molar-refractivity contribution in [2.24, 2.45) is 5.73 Å². The van der Waals surface area contributed by atoms with Crippen LogP contribution in [-0.4, -0.2) is 18.0 Å². The third kappa shape index (κ3) is 3.74. The summed E-state index contributed by atoms with van der Waals surface area (Å²) in [5.74, 6) is 0. The SMILES string of the molecule is C=CCN(CCC)Cc1cc(CN)sc1C. The summed E-state index contributed by atoms with van der Waals surface area (Å²) in [7, 11) is 0. The molecule has 0 radical (unpaired) electrons. The lowest BCUT2D eigenvalue weighted by atomic mass is 10.2. The van der Waals surface area contributed by atoms with Crippen molar-refractivity contribution in [2.75, 3.05) is 13.1 Å². The molecule has 0 aliphatic rings. The summed E-state index contributed by atoms with van der Waals surface area (Å²) < 4.78 is 0. The van der Waals surface area contributed by atoms with Crippen LogP contribution in [0.1, 0.15) is 28.7 Å². The summed E-state index contributed by atoms with van der Waals surface area (Å²) in [6, 6.07) is 2.24. The van der Waals surface area contributed by atoms with E-state index in [4.69, 9.17) is 5.73 Å². The Bertz CT molecular complexity index is 331. The molecule has 1 aromatic heterocycles. The van der Waals surface area contributed by atoms with Crippen molar-refractivity contribution in [1.29, 1.82) is 0 Å². The maximum atomic E-state index is 5.66. The molecule has 0 aromatic carbocycles. The van der Waals surface area contributed by atoms with Gasteiger partial charge in [-0.1, -0.05) is 13.0 Å². The summed E-state index contributed by atoms with van der Waals surface area (Å²) in [4.78, 5) is 5.09. The number of thiophene rings is 1. The highest BCUT2D eigenvalue weighted by atomic mass is 32.1. The summed E-state index contributed by atoms with van der Waals surface area (Å²) in [5.41, 5.74) is 7.08. The molecule has 0 aliphatic heterocycles. The molecule has 0 amide bonds. The molecule has 1 heterocycles. The van der Waals surface area contributed by atoms with Gasteiger partial charge in [0.1, 0.15) is 0 Å². The lowest BCUT2D eigenvalue weighted by Crippen LogP contribution is -2.24. The van der Waals surface area contributed by atoms with Gasteiger partial charge in [-0.25, -0.2) is 0 Å².